The molecule has 0 N–H and O–H groups in total. The topological polar surface area (TPSA) is 23.8 Å². The van der Waals surface area contributed by atoms with E-state index in [-0.39, 0.29) is 5.41 Å². The standard InChI is InChI=1S/C48H31N/c1-48(2)45-26-31(34-23-22-33(36-8-3-4-9-37(34)36)30-16-14-29(28-49)15-17-30)18-20-40(45)41-21-19-32(27-46(41)48)35-24-25-44-39-11-6-5-10-38(39)43-13-7-12-42(35)47(43)44/h3-27H,1-2H3. The summed E-state index contributed by atoms with van der Waals surface area (Å²) < 4.78 is 0. The van der Waals surface area contributed by atoms with E-state index in [2.05, 4.69) is 147 Å². The third-order valence-electron chi connectivity index (χ3n) is 11.1. The van der Waals surface area contributed by atoms with Crippen LogP contribution in [0.4, 0.5) is 0 Å². The predicted molar refractivity (Wildman–Crippen MR) is 204 cm³/mol. The molecule has 228 valence electrons. The highest BCUT2D eigenvalue weighted by Crippen LogP contribution is 2.53. The average Bonchev–Trinajstić information content (AvgIpc) is 3.60. The van der Waals surface area contributed by atoms with Gasteiger partial charge in [0.15, 0.2) is 0 Å². The zero-order valence-corrected chi connectivity index (χ0v) is 27.4. The van der Waals surface area contributed by atoms with Gasteiger partial charge in [0.2, 0.25) is 0 Å². The Morgan fingerprint density at radius 3 is 1.41 bits per heavy atom. The van der Waals surface area contributed by atoms with Gasteiger partial charge in [-0.15, -0.1) is 0 Å². The maximum absolute atomic E-state index is 9.30. The summed E-state index contributed by atoms with van der Waals surface area (Å²) in [6.45, 7) is 4.75. The molecule has 0 bridgehead atoms. The summed E-state index contributed by atoms with van der Waals surface area (Å²) in [5, 5.41) is 14.4. The van der Waals surface area contributed by atoms with Gasteiger partial charge < -0.3 is 0 Å². The van der Waals surface area contributed by atoms with Crippen molar-refractivity contribution in [1.29, 1.82) is 5.26 Å². The molecule has 0 radical (unpaired) electrons. The Kier molecular flexibility index (Phi) is 5.76. The molecule has 0 fully saturated rings. The van der Waals surface area contributed by atoms with Crippen molar-refractivity contribution in [3.63, 3.8) is 0 Å². The fourth-order valence-electron chi connectivity index (χ4n) is 8.66. The van der Waals surface area contributed by atoms with Crippen LogP contribution >= 0.6 is 0 Å². The predicted octanol–water partition coefficient (Wildman–Crippen LogP) is 12.8. The van der Waals surface area contributed by atoms with Gasteiger partial charge in [-0.1, -0.05) is 141 Å². The van der Waals surface area contributed by atoms with Gasteiger partial charge in [0.05, 0.1) is 11.6 Å². The second-order valence-corrected chi connectivity index (χ2v) is 14.0. The quantitative estimate of drug-likeness (QED) is 0.193. The molecule has 0 atom stereocenters. The molecule has 1 nitrogen and oxygen atoms in total. The molecule has 8 aromatic rings. The van der Waals surface area contributed by atoms with Crippen LogP contribution in [0.1, 0.15) is 30.5 Å². The SMILES string of the molecule is CC1(C)c2cc(-c3ccc(-c4ccc(C#N)cc4)c4ccccc34)ccc2-c2ccc(-c3ccc4c5c(cccc35)-c3ccccc3-4)cc21. The van der Waals surface area contributed by atoms with Crippen LogP contribution in [0.25, 0.3) is 88.3 Å². The molecule has 0 unspecified atom stereocenters. The number of nitrogens with zero attached hydrogens (tertiary/aromatic N) is 1. The maximum Gasteiger partial charge on any atom is 0.0991 e. The van der Waals surface area contributed by atoms with E-state index < -0.39 is 0 Å². The lowest BCUT2D eigenvalue weighted by Crippen LogP contribution is -2.15. The zero-order valence-electron chi connectivity index (χ0n) is 27.4. The highest BCUT2D eigenvalue weighted by atomic mass is 14.4. The summed E-state index contributed by atoms with van der Waals surface area (Å²) in [5.41, 5.74) is 18.6. The van der Waals surface area contributed by atoms with Gasteiger partial charge in [-0.05, 0) is 124 Å². The second-order valence-electron chi connectivity index (χ2n) is 14.0. The summed E-state index contributed by atoms with van der Waals surface area (Å²) in [5.74, 6) is 0. The zero-order chi connectivity index (χ0) is 32.9. The molecular weight excluding hydrogens is 591 g/mol. The fourth-order valence-corrected chi connectivity index (χ4v) is 8.66. The van der Waals surface area contributed by atoms with E-state index in [9.17, 15) is 5.26 Å². The third-order valence-corrected chi connectivity index (χ3v) is 11.1. The van der Waals surface area contributed by atoms with Crippen LogP contribution in [-0.4, -0.2) is 0 Å². The largest absolute Gasteiger partial charge is 0.192 e. The van der Waals surface area contributed by atoms with Crippen molar-refractivity contribution in [2.24, 2.45) is 0 Å². The first-order valence-electron chi connectivity index (χ1n) is 17.0. The first-order valence-corrected chi connectivity index (χ1v) is 17.0. The molecule has 2 aliphatic rings. The van der Waals surface area contributed by atoms with Crippen LogP contribution < -0.4 is 0 Å². The normalized spacial score (nSPS) is 13.2. The number of fused-ring (bicyclic) bond motifs is 7. The molecular formula is C48H31N. The van der Waals surface area contributed by atoms with Crippen molar-refractivity contribution in [1.82, 2.24) is 0 Å². The van der Waals surface area contributed by atoms with E-state index >= 15 is 0 Å². The van der Waals surface area contributed by atoms with Gasteiger partial charge >= 0.3 is 0 Å². The summed E-state index contributed by atoms with van der Waals surface area (Å²) in [6, 6.07) is 57.7. The van der Waals surface area contributed by atoms with E-state index in [1.54, 1.807) is 0 Å². The number of hydrogen-bond donors (Lipinski definition) is 0. The summed E-state index contributed by atoms with van der Waals surface area (Å²) >= 11 is 0. The van der Waals surface area contributed by atoms with Crippen LogP contribution in [0.5, 0.6) is 0 Å². The highest BCUT2D eigenvalue weighted by molar-refractivity contribution is 6.18. The molecule has 0 aromatic heterocycles. The van der Waals surface area contributed by atoms with Gasteiger partial charge in [-0.25, -0.2) is 0 Å². The van der Waals surface area contributed by atoms with Crippen molar-refractivity contribution in [2.75, 3.05) is 0 Å². The van der Waals surface area contributed by atoms with Crippen LogP contribution in [0, 0.1) is 11.3 Å². The average molecular weight is 622 g/mol. The monoisotopic (exact) mass is 621 g/mol. The summed E-state index contributed by atoms with van der Waals surface area (Å²) in [6.07, 6.45) is 0. The number of benzene rings is 8. The number of rotatable bonds is 3. The minimum Gasteiger partial charge on any atom is -0.192 e. The second kappa shape index (κ2) is 10.1. The lowest BCUT2D eigenvalue weighted by Gasteiger charge is -2.23. The van der Waals surface area contributed by atoms with Crippen LogP contribution in [-0.2, 0) is 5.41 Å². The van der Waals surface area contributed by atoms with Crippen molar-refractivity contribution in [2.45, 2.75) is 19.3 Å². The Hall–Kier alpha value is -6.23. The van der Waals surface area contributed by atoms with Gasteiger partial charge in [0, 0.05) is 5.41 Å². The Morgan fingerprint density at radius 2 is 0.816 bits per heavy atom. The third kappa shape index (κ3) is 3.92. The van der Waals surface area contributed by atoms with Crippen molar-refractivity contribution in [3.05, 3.63) is 168 Å². The Bertz CT molecular complexity index is 2710. The first kappa shape index (κ1) is 27.8. The molecule has 1 heteroatoms. The van der Waals surface area contributed by atoms with Crippen LogP contribution in [0.2, 0.25) is 0 Å². The Morgan fingerprint density at radius 1 is 0.388 bits per heavy atom. The van der Waals surface area contributed by atoms with Crippen molar-refractivity contribution in [3.8, 4) is 72.8 Å². The fraction of sp³-hybridized carbons (Fsp3) is 0.0625. The molecule has 8 aromatic carbocycles. The molecule has 0 amide bonds. The molecule has 0 aliphatic heterocycles. The summed E-state index contributed by atoms with van der Waals surface area (Å²) in [4.78, 5) is 0. The highest BCUT2D eigenvalue weighted by Gasteiger charge is 2.36. The first-order chi connectivity index (χ1) is 24.0. The molecule has 2 aliphatic carbocycles. The summed E-state index contributed by atoms with van der Waals surface area (Å²) in [7, 11) is 0. The minimum absolute atomic E-state index is 0.153. The lowest BCUT2D eigenvalue weighted by atomic mass is 9.80. The van der Waals surface area contributed by atoms with E-state index in [1.165, 1.54) is 93.9 Å². The minimum atomic E-state index is -0.153. The molecule has 10 rings (SSSR count). The van der Waals surface area contributed by atoms with Gasteiger partial charge in [0.1, 0.15) is 0 Å². The van der Waals surface area contributed by atoms with E-state index in [4.69, 9.17) is 0 Å². The maximum atomic E-state index is 9.30. The Balaban J connectivity index is 1.07. The molecule has 49 heavy (non-hydrogen) atoms. The van der Waals surface area contributed by atoms with Gasteiger partial charge in [0.25, 0.3) is 0 Å². The van der Waals surface area contributed by atoms with Crippen LogP contribution in [0.3, 0.4) is 0 Å². The smallest absolute Gasteiger partial charge is 0.0991 e. The lowest BCUT2D eigenvalue weighted by molar-refractivity contribution is 0.661. The number of nitriles is 1. The van der Waals surface area contributed by atoms with E-state index in [1.807, 2.05) is 24.3 Å². The molecule has 0 spiro atoms. The van der Waals surface area contributed by atoms with Crippen molar-refractivity contribution >= 4 is 21.5 Å². The molecule has 0 saturated heterocycles. The van der Waals surface area contributed by atoms with E-state index in [0.29, 0.717) is 5.56 Å². The van der Waals surface area contributed by atoms with E-state index in [0.717, 1.165) is 5.56 Å². The molecule has 0 heterocycles. The van der Waals surface area contributed by atoms with Gasteiger partial charge in [-0.3, -0.25) is 0 Å². The van der Waals surface area contributed by atoms with Crippen molar-refractivity contribution < 1.29 is 0 Å². The van der Waals surface area contributed by atoms with Crippen LogP contribution in [0.15, 0.2) is 152 Å². The Labute approximate surface area is 286 Å². The number of hydrogen-bond acceptors (Lipinski definition) is 1. The molecule has 0 saturated carbocycles. The van der Waals surface area contributed by atoms with Gasteiger partial charge in [-0.2, -0.15) is 5.26 Å².